The lowest BCUT2D eigenvalue weighted by atomic mass is 10.1. The molecule has 0 aliphatic carbocycles. The minimum absolute atomic E-state index is 0.121. The highest BCUT2D eigenvalue weighted by atomic mass is 16.2. The van der Waals surface area contributed by atoms with Crippen LogP contribution in [0.15, 0.2) is 48.5 Å². The first kappa shape index (κ1) is 18.7. The molecule has 2 aromatic carbocycles. The van der Waals surface area contributed by atoms with E-state index in [2.05, 4.69) is 15.5 Å². The minimum atomic E-state index is -0.188. The molecule has 0 heterocycles. The van der Waals surface area contributed by atoms with Crippen molar-refractivity contribution in [1.29, 1.82) is 0 Å². The molecular formula is C20H25N3O2. The molecule has 0 fully saturated rings. The van der Waals surface area contributed by atoms with Crippen molar-refractivity contribution in [3.05, 3.63) is 65.2 Å². The third kappa shape index (κ3) is 5.72. The molecule has 25 heavy (non-hydrogen) atoms. The largest absolute Gasteiger partial charge is 0.352 e. The summed E-state index contributed by atoms with van der Waals surface area (Å²) in [5.41, 5.74) is 2.87. The van der Waals surface area contributed by atoms with Gasteiger partial charge in [-0.25, -0.2) is 0 Å². The van der Waals surface area contributed by atoms with Gasteiger partial charge in [0.25, 0.3) is 11.8 Å². The second-order valence-electron chi connectivity index (χ2n) is 6.26. The third-order valence-electron chi connectivity index (χ3n) is 3.87. The van der Waals surface area contributed by atoms with E-state index in [-0.39, 0.29) is 11.8 Å². The van der Waals surface area contributed by atoms with E-state index >= 15 is 0 Å². The van der Waals surface area contributed by atoms with Crippen molar-refractivity contribution in [3.63, 3.8) is 0 Å². The van der Waals surface area contributed by atoms with E-state index in [1.807, 2.05) is 45.3 Å². The highest BCUT2D eigenvalue weighted by Gasteiger charge is 2.10. The number of carbonyl (C=O) groups excluding carboxylic acids is 2. The molecule has 0 unspecified atom stereocenters. The van der Waals surface area contributed by atoms with E-state index in [0.717, 1.165) is 24.2 Å². The Kier molecular flexibility index (Phi) is 6.71. The number of nitrogens with zero attached hydrogens (tertiary/aromatic N) is 1. The number of benzene rings is 2. The van der Waals surface area contributed by atoms with Crippen LogP contribution in [-0.2, 0) is 0 Å². The molecule has 5 heteroatoms. The van der Waals surface area contributed by atoms with Gasteiger partial charge in [0, 0.05) is 23.4 Å². The predicted molar refractivity (Wildman–Crippen MR) is 101 cm³/mol. The fourth-order valence-electron chi connectivity index (χ4n) is 2.38. The van der Waals surface area contributed by atoms with Crippen molar-refractivity contribution in [1.82, 2.24) is 10.2 Å². The number of aryl methyl sites for hydroxylation is 1. The Morgan fingerprint density at radius 3 is 2.12 bits per heavy atom. The summed E-state index contributed by atoms with van der Waals surface area (Å²) in [5.74, 6) is -0.308. The second kappa shape index (κ2) is 8.99. The Morgan fingerprint density at radius 2 is 1.52 bits per heavy atom. The number of hydrogen-bond donors (Lipinski definition) is 2. The average Bonchev–Trinajstić information content (AvgIpc) is 2.60. The highest BCUT2D eigenvalue weighted by molar-refractivity contribution is 6.05. The van der Waals surface area contributed by atoms with Crippen LogP contribution in [0.3, 0.4) is 0 Å². The molecule has 0 spiro atoms. The topological polar surface area (TPSA) is 61.4 Å². The smallest absolute Gasteiger partial charge is 0.255 e. The van der Waals surface area contributed by atoms with Gasteiger partial charge >= 0.3 is 0 Å². The molecule has 2 amide bonds. The average molecular weight is 339 g/mol. The van der Waals surface area contributed by atoms with Crippen LogP contribution < -0.4 is 10.6 Å². The molecule has 0 bridgehead atoms. The van der Waals surface area contributed by atoms with Gasteiger partial charge in [-0.2, -0.15) is 0 Å². The van der Waals surface area contributed by atoms with E-state index in [9.17, 15) is 9.59 Å². The number of nitrogens with one attached hydrogen (secondary N) is 2. The molecule has 0 aliphatic rings. The predicted octanol–water partition coefficient (Wildman–Crippen LogP) is 2.93. The van der Waals surface area contributed by atoms with Gasteiger partial charge in [0.05, 0.1) is 0 Å². The van der Waals surface area contributed by atoms with Gasteiger partial charge in [-0.1, -0.05) is 18.2 Å². The zero-order chi connectivity index (χ0) is 18.2. The number of hydrogen-bond acceptors (Lipinski definition) is 3. The maximum Gasteiger partial charge on any atom is 0.255 e. The maximum atomic E-state index is 12.3. The zero-order valence-electron chi connectivity index (χ0n) is 15.0. The van der Waals surface area contributed by atoms with Crippen molar-refractivity contribution in [2.75, 3.05) is 32.5 Å². The molecule has 0 saturated heterocycles. The summed E-state index contributed by atoms with van der Waals surface area (Å²) >= 11 is 0. The quantitative estimate of drug-likeness (QED) is 0.763. The summed E-state index contributed by atoms with van der Waals surface area (Å²) < 4.78 is 0. The molecule has 0 saturated carbocycles. The number of amides is 2. The first-order valence-corrected chi connectivity index (χ1v) is 8.37. The van der Waals surface area contributed by atoms with E-state index in [0.29, 0.717) is 17.7 Å². The molecule has 2 N–H and O–H groups in total. The molecule has 0 radical (unpaired) electrons. The monoisotopic (exact) mass is 339 g/mol. The Hall–Kier alpha value is -2.66. The van der Waals surface area contributed by atoms with Gasteiger partial charge < -0.3 is 15.5 Å². The fraction of sp³-hybridized carbons (Fsp3) is 0.300. The molecule has 2 aromatic rings. The first-order chi connectivity index (χ1) is 12.0. The Morgan fingerprint density at radius 1 is 0.920 bits per heavy atom. The molecular weight excluding hydrogens is 314 g/mol. The summed E-state index contributed by atoms with van der Waals surface area (Å²) in [6, 6.07) is 14.3. The fourth-order valence-corrected chi connectivity index (χ4v) is 2.38. The van der Waals surface area contributed by atoms with Crippen LogP contribution in [0.5, 0.6) is 0 Å². The van der Waals surface area contributed by atoms with Crippen LogP contribution in [0, 0.1) is 6.92 Å². The summed E-state index contributed by atoms with van der Waals surface area (Å²) in [6.45, 7) is 3.50. The molecule has 132 valence electrons. The molecule has 0 aromatic heterocycles. The van der Waals surface area contributed by atoms with Crippen molar-refractivity contribution >= 4 is 17.5 Å². The Labute approximate surface area is 149 Å². The number of para-hydroxylation sites is 1. The standard InChI is InChI=1S/C20H25N3O2/c1-15-7-4-5-8-18(15)22-20(25)17-11-9-16(10-12-17)19(24)21-13-6-14-23(2)3/h4-5,7-12H,6,13-14H2,1-3H3,(H,21,24)(H,22,25). The Balaban J connectivity index is 1.91. The van der Waals surface area contributed by atoms with Crippen molar-refractivity contribution in [2.24, 2.45) is 0 Å². The van der Waals surface area contributed by atoms with Crippen LogP contribution in [0.2, 0.25) is 0 Å². The lowest BCUT2D eigenvalue weighted by molar-refractivity contribution is 0.0950. The maximum absolute atomic E-state index is 12.3. The van der Waals surface area contributed by atoms with Gasteiger partial charge in [0.15, 0.2) is 0 Å². The molecule has 2 rings (SSSR count). The number of rotatable bonds is 7. The molecule has 0 atom stereocenters. The van der Waals surface area contributed by atoms with Gasteiger partial charge in [-0.15, -0.1) is 0 Å². The number of anilines is 1. The van der Waals surface area contributed by atoms with Gasteiger partial charge in [0.2, 0.25) is 0 Å². The van der Waals surface area contributed by atoms with Gasteiger partial charge in [-0.3, -0.25) is 9.59 Å². The van der Waals surface area contributed by atoms with Crippen LogP contribution in [0.25, 0.3) is 0 Å². The van der Waals surface area contributed by atoms with E-state index in [4.69, 9.17) is 0 Å². The molecule has 0 aliphatic heterocycles. The highest BCUT2D eigenvalue weighted by Crippen LogP contribution is 2.15. The second-order valence-corrected chi connectivity index (χ2v) is 6.26. The lowest BCUT2D eigenvalue weighted by Crippen LogP contribution is -2.27. The normalized spacial score (nSPS) is 10.6. The van der Waals surface area contributed by atoms with Crippen LogP contribution in [0.4, 0.5) is 5.69 Å². The third-order valence-corrected chi connectivity index (χ3v) is 3.87. The minimum Gasteiger partial charge on any atom is -0.352 e. The van der Waals surface area contributed by atoms with Crippen molar-refractivity contribution < 1.29 is 9.59 Å². The van der Waals surface area contributed by atoms with E-state index in [1.165, 1.54) is 0 Å². The van der Waals surface area contributed by atoms with Crippen LogP contribution in [0.1, 0.15) is 32.7 Å². The lowest BCUT2D eigenvalue weighted by Gasteiger charge is -2.10. The first-order valence-electron chi connectivity index (χ1n) is 8.37. The number of carbonyl (C=O) groups is 2. The summed E-state index contributed by atoms with van der Waals surface area (Å²) in [4.78, 5) is 26.5. The summed E-state index contributed by atoms with van der Waals surface area (Å²) in [5, 5.41) is 5.77. The van der Waals surface area contributed by atoms with Gasteiger partial charge in [-0.05, 0) is 69.9 Å². The van der Waals surface area contributed by atoms with Crippen LogP contribution >= 0.6 is 0 Å². The summed E-state index contributed by atoms with van der Waals surface area (Å²) in [6.07, 6.45) is 0.898. The van der Waals surface area contributed by atoms with E-state index in [1.54, 1.807) is 24.3 Å². The summed E-state index contributed by atoms with van der Waals surface area (Å²) in [7, 11) is 4.01. The van der Waals surface area contributed by atoms with Crippen LogP contribution in [-0.4, -0.2) is 43.9 Å². The Bertz CT molecular complexity index is 724. The molecule has 5 nitrogen and oxygen atoms in total. The van der Waals surface area contributed by atoms with Crippen molar-refractivity contribution in [3.8, 4) is 0 Å². The van der Waals surface area contributed by atoms with E-state index < -0.39 is 0 Å². The van der Waals surface area contributed by atoms with Crippen molar-refractivity contribution in [2.45, 2.75) is 13.3 Å². The zero-order valence-corrected chi connectivity index (χ0v) is 15.0. The van der Waals surface area contributed by atoms with Gasteiger partial charge in [0.1, 0.15) is 0 Å². The SMILES string of the molecule is Cc1ccccc1NC(=O)c1ccc(C(=O)NCCCN(C)C)cc1.